The molecular weight excluding hydrogens is 529 g/mol. The molecule has 0 unspecified atom stereocenters. The Morgan fingerprint density at radius 2 is 1.90 bits per heavy atom. The quantitative estimate of drug-likeness (QED) is 0.282. The summed E-state index contributed by atoms with van der Waals surface area (Å²) in [6.07, 6.45) is 3.13. The van der Waals surface area contributed by atoms with Gasteiger partial charge in [0.05, 0.1) is 29.1 Å². The van der Waals surface area contributed by atoms with Crippen molar-refractivity contribution in [1.29, 1.82) is 0 Å². The molecule has 0 radical (unpaired) electrons. The first kappa shape index (κ1) is 28.0. The van der Waals surface area contributed by atoms with Crippen molar-refractivity contribution in [3.05, 3.63) is 65.9 Å². The number of nitrogens with one attached hydrogen (secondary N) is 4. The lowest BCUT2D eigenvalue weighted by Gasteiger charge is -2.39. The number of aliphatic imine (C=N–C) groups is 2. The number of allylic oxidation sites excluding steroid dienone is 1. The summed E-state index contributed by atoms with van der Waals surface area (Å²) in [5, 5.41) is 10.1. The summed E-state index contributed by atoms with van der Waals surface area (Å²) in [5.74, 6) is 1.45. The lowest BCUT2D eigenvalue weighted by atomic mass is 10.1. The highest BCUT2D eigenvalue weighted by molar-refractivity contribution is 7.40. The Labute approximate surface area is 235 Å². The number of H-pyrrole nitrogens is 1. The summed E-state index contributed by atoms with van der Waals surface area (Å²) in [6.45, 7) is 7.75. The second-order valence-corrected chi connectivity index (χ2v) is 10.9. The summed E-state index contributed by atoms with van der Waals surface area (Å²) in [4.78, 5) is 17.0. The van der Waals surface area contributed by atoms with Gasteiger partial charge in [-0.1, -0.05) is 18.2 Å². The molecule has 8 nitrogen and oxygen atoms in total. The Kier molecular flexibility index (Phi) is 8.59. The molecule has 5 rings (SSSR count). The number of guanidine groups is 1. The second kappa shape index (κ2) is 12.3. The fourth-order valence-corrected chi connectivity index (χ4v) is 5.71. The van der Waals surface area contributed by atoms with Gasteiger partial charge in [-0.3, -0.25) is 4.90 Å². The number of aromatic amines is 1. The minimum atomic E-state index is -0.481. The fourth-order valence-electron chi connectivity index (χ4n) is 4.90. The van der Waals surface area contributed by atoms with Crippen LogP contribution in [0.2, 0.25) is 0 Å². The highest BCUT2D eigenvalue weighted by Gasteiger charge is 2.23. The van der Waals surface area contributed by atoms with Gasteiger partial charge in [0.15, 0.2) is 5.82 Å². The number of halogens is 2. The van der Waals surface area contributed by atoms with E-state index in [1.807, 2.05) is 18.2 Å². The number of fused-ring (bicyclic) bond motifs is 1. The monoisotopic (exact) mass is 564 g/mol. The molecule has 2 atom stereocenters. The number of piperazine rings is 1. The maximum atomic E-state index is 15.2. The molecule has 4 N–H and O–H groups in total. The molecule has 40 heavy (non-hydrogen) atoms. The van der Waals surface area contributed by atoms with Gasteiger partial charge in [0.2, 0.25) is 5.96 Å². The van der Waals surface area contributed by atoms with E-state index in [0.717, 1.165) is 44.6 Å². The van der Waals surface area contributed by atoms with E-state index in [0.29, 0.717) is 23.3 Å². The van der Waals surface area contributed by atoms with Crippen LogP contribution in [-0.2, 0) is 0 Å². The first-order valence-electron chi connectivity index (χ1n) is 13.4. The zero-order valence-corrected chi connectivity index (χ0v) is 24.1. The first-order valence-corrected chi connectivity index (χ1v) is 14.4. The average molecular weight is 565 g/mol. The van der Waals surface area contributed by atoms with Gasteiger partial charge in [-0.25, -0.2) is 18.8 Å². The van der Waals surface area contributed by atoms with Crippen LogP contribution in [0.1, 0.15) is 19.4 Å². The molecule has 11 heteroatoms. The van der Waals surface area contributed by atoms with Crippen molar-refractivity contribution in [1.82, 2.24) is 14.8 Å². The Morgan fingerprint density at radius 3 is 2.70 bits per heavy atom. The molecule has 3 heterocycles. The molecule has 3 aromatic rings. The third-order valence-corrected chi connectivity index (χ3v) is 8.43. The largest absolute Gasteiger partial charge is 0.386 e. The third kappa shape index (κ3) is 5.94. The molecule has 0 bridgehead atoms. The Balaban J connectivity index is 1.37. The molecule has 1 saturated heterocycles. The number of nitrogens with zero attached hydrogens (tertiary/aromatic N) is 4. The zero-order valence-electron chi connectivity index (χ0n) is 23.2. The number of hydrogen-bond acceptors (Lipinski definition) is 7. The van der Waals surface area contributed by atoms with Gasteiger partial charge in [0.25, 0.3) is 0 Å². The smallest absolute Gasteiger partial charge is 0.223 e. The zero-order chi connectivity index (χ0) is 28.2. The molecule has 2 aromatic carbocycles. The molecule has 1 aromatic heterocycles. The number of aromatic nitrogens is 1. The second-order valence-electron chi connectivity index (χ2n) is 10.1. The van der Waals surface area contributed by atoms with Crippen LogP contribution in [0.15, 0.2) is 64.5 Å². The van der Waals surface area contributed by atoms with E-state index in [2.05, 4.69) is 67.2 Å². The van der Waals surface area contributed by atoms with Crippen LogP contribution in [0.5, 0.6) is 0 Å². The van der Waals surface area contributed by atoms with E-state index in [4.69, 9.17) is 0 Å². The summed E-state index contributed by atoms with van der Waals surface area (Å²) in [7, 11) is 4.80. The first-order chi connectivity index (χ1) is 19.4. The normalized spacial score (nSPS) is 19.6. The molecule has 2 aliphatic heterocycles. The molecule has 210 valence electrons. The molecular formula is C29H35F2N8P. The van der Waals surface area contributed by atoms with E-state index in [-0.39, 0.29) is 23.9 Å². The van der Waals surface area contributed by atoms with Crippen LogP contribution in [0.4, 0.5) is 25.8 Å². The van der Waals surface area contributed by atoms with Crippen molar-refractivity contribution >= 4 is 53.8 Å². The number of benzene rings is 2. The van der Waals surface area contributed by atoms with E-state index in [1.165, 1.54) is 6.08 Å². The van der Waals surface area contributed by atoms with Crippen LogP contribution >= 0.6 is 8.35 Å². The van der Waals surface area contributed by atoms with E-state index in [9.17, 15) is 4.39 Å². The summed E-state index contributed by atoms with van der Waals surface area (Å²) < 4.78 is 30.0. The predicted molar refractivity (Wildman–Crippen MR) is 166 cm³/mol. The van der Waals surface area contributed by atoms with Crippen LogP contribution in [0.3, 0.4) is 0 Å². The van der Waals surface area contributed by atoms with Crippen molar-refractivity contribution in [3.63, 3.8) is 0 Å². The minimum Gasteiger partial charge on any atom is -0.386 e. The van der Waals surface area contributed by atoms with Crippen molar-refractivity contribution in [3.8, 4) is 0 Å². The Hall–Kier alpha value is -3.59. The topological polar surface area (TPSA) is 83.1 Å². The van der Waals surface area contributed by atoms with Gasteiger partial charge < -0.3 is 25.6 Å². The SMILES string of the molecule is CNc1cccc(NC2=NCC=C(F)C(c3c[nH]c4c(NP=C[C@@H](C)N5CCN(C)[C@@H](C)C5)cccc34)=N2)c1F. The van der Waals surface area contributed by atoms with Crippen LogP contribution in [0, 0.1) is 5.82 Å². The standard InChI is InChI=1S/C29H35F2N8P/c1-18-16-39(14-13-38(18)4)19(2)17-40-37-25-10-5-7-20-21(15-34-28(20)25)27-22(30)11-12-33-29(36-27)35-24-9-6-8-23(32-3)26(24)31/h5-11,15,17-19,32,34,37H,12-14,16H2,1-4H3,(H,33,35)/t18-,19+/m0/s1. The van der Waals surface area contributed by atoms with E-state index < -0.39 is 11.6 Å². The predicted octanol–water partition coefficient (Wildman–Crippen LogP) is 5.57. The van der Waals surface area contributed by atoms with Crippen LogP contribution < -0.4 is 15.7 Å². The number of anilines is 3. The third-order valence-electron chi connectivity index (χ3n) is 7.48. The van der Waals surface area contributed by atoms with Crippen molar-refractivity contribution in [2.45, 2.75) is 25.9 Å². The van der Waals surface area contributed by atoms with E-state index in [1.54, 1.807) is 31.4 Å². The Morgan fingerprint density at radius 1 is 1.12 bits per heavy atom. The van der Waals surface area contributed by atoms with Gasteiger partial charge in [-0.2, -0.15) is 0 Å². The molecule has 0 amide bonds. The maximum absolute atomic E-state index is 15.2. The molecule has 2 aliphatic rings. The summed E-state index contributed by atoms with van der Waals surface area (Å²) in [6, 6.07) is 11.7. The Bertz CT molecular complexity index is 1490. The number of rotatable bonds is 7. The van der Waals surface area contributed by atoms with Gasteiger partial charge in [0, 0.05) is 64.3 Å². The molecule has 0 aliphatic carbocycles. The minimum absolute atomic E-state index is 0.0860. The van der Waals surface area contributed by atoms with Crippen molar-refractivity contribution in [2.24, 2.45) is 9.98 Å². The lowest BCUT2D eigenvalue weighted by molar-refractivity contribution is 0.0975. The van der Waals surface area contributed by atoms with Gasteiger partial charge >= 0.3 is 0 Å². The van der Waals surface area contributed by atoms with Crippen LogP contribution in [0.25, 0.3) is 10.9 Å². The fraction of sp³-hybridized carbons (Fsp3) is 0.345. The van der Waals surface area contributed by atoms with Gasteiger partial charge in [-0.05, 0) is 51.0 Å². The van der Waals surface area contributed by atoms with Crippen molar-refractivity contribution in [2.75, 3.05) is 56.0 Å². The number of hydrogen-bond donors (Lipinski definition) is 4. The van der Waals surface area contributed by atoms with Crippen molar-refractivity contribution < 1.29 is 8.78 Å². The lowest BCUT2D eigenvalue weighted by Crippen LogP contribution is -2.53. The van der Waals surface area contributed by atoms with Crippen LogP contribution in [-0.4, -0.2) is 84.6 Å². The number of likely N-dealkylation sites (N-methyl/N-ethyl adjacent to an activating group) is 1. The molecule has 0 spiro atoms. The van der Waals surface area contributed by atoms with E-state index >= 15 is 4.39 Å². The highest BCUT2D eigenvalue weighted by atomic mass is 31.1. The van der Waals surface area contributed by atoms with Gasteiger partial charge in [-0.15, -0.1) is 0 Å². The van der Waals surface area contributed by atoms with Gasteiger partial charge in [0.1, 0.15) is 11.5 Å². The summed E-state index contributed by atoms with van der Waals surface area (Å²) in [5.41, 5.74) is 3.06. The highest BCUT2D eigenvalue weighted by Crippen LogP contribution is 2.30. The number of para-hydroxylation sites is 1. The molecule has 0 saturated carbocycles. The molecule has 1 fully saturated rings. The maximum Gasteiger partial charge on any atom is 0.223 e. The summed E-state index contributed by atoms with van der Waals surface area (Å²) >= 11 is 0. The average Bonchev–Trinajstić information content (AvgIpc) is 3.30.